The highest BCUT2D eigenvalue weighted by Crippen LogP contribution is 2.12. The largest absolute Gasteiger partial charge is 0.409 e. The fourth-order valence-electron chi connectivity index (χ4n) is 1.40. The molecule has 0 fully saturated rings. The van der Waals surface area contributed by atoms with Gasteiger partial charge in [-0.15, -0.1) is 0 Å². The van der Waals surface area contributed by atoms with Crippen molar-refractivity contribution in [2.24, 2.45) is 16.6 Å². The predicted molar refractivity (Wildman–Crippen MR) is 64.4 cm³/mol. The highest BCUT2D eigenvalue weighted by atomic mass is 19.1. The van der Waals surface area contributed by atoms with Crippen molar-refractivity contribution in [2.75, 3.05) is 6.54 Å². The van der Waals surface area contributed by atoms with Gasteiger partial charge in [-0.25, -0.2) is 4.39 Å². The number of rotatable bonds is 6. The summed E-state index contributed by atoms with van der Waals surface area (Å²) in [6.07, 6.45) is 0.182. The van der Waals surface area contributed by atoms with E-state index in [-0.39, 0.29) is 24.4 Å². The summed E-state index contributed by atoms with van der Waals surface area (Å²) in [6.45, 7) is 0.592. The molecule has 0 aliphatic rings. The van der Waals surface area contributed by atoms with Crippen LogP contribution in [0.3, 0.4) is 0 Å². The summed E-state index contributed by atoms with van der Waals surface area (Å²) in [5.74, 6) is -1.26. The predicted octanol–water partition coefficient (Wildman–Crippen LogP) is -0.115. The summed E-state index contributed by atoms with van der Waals surface area (Å²) in [5.41, 5.74) is 10.7. The average Bonchev–Trinajstić information content (AvgIpc) is 2.35. The number of carbonyl (C=O) groups is 1. The maximum absolute atomic E-state index is 13.9. The van der Waals surface area contributed by atoms with Gasteiger partial charge in [0.25, 0.3) is 0 Å². The molecule has 1 amide bonds. The molecule has 0 bridgehead atoms. The maximum Gasteiger partial charge on any atom is 0.218 e. The number of hydrogen-bond acceptors (Lipinski definition) is 4. The first-order chi connectivity index (χ1) is 8.56. The smallest absolute Gasteiger partial charge is 0.218 e. The molecule has 0 aliphatic carbocycles. The molecule has 0 saturated heterocycles. The third kappa shape index (κ3) is 3.70. The Kier molecular flexibility index (Phi) is 5.06. The molecule has 0 aromatic heterocycles. The van der Waals surface area contributed by atoms with Crippen LogP contribution in [0.15, 0.2) is 23.4 Å². The number of carbonyl (C=O) groups excluding carboxylic acids is 1. The Morgan fingerprint density at radius 2 is 2.17 bits per heavy atom. The minimum Gasteiger partial charge on any atom is -0.409 e. The highest BCUT2D eigenvalue weighted by molar-refractivity contribution is 5.97. The fourth-order valence-corrected chi connectivity index (χ4v) is 1.40. The molecule has 18 heavy (non-hydrogen) atoms. The van der Waals surface area contributed by atoms with E-state index in [2.05, 4.69) is 10.5 Å². The van der Waals surface area contributed by atoms with Crippen LogP contribution in [0.1, 0.15) is 17.5 Å². The van der Waals surface area contributed by atoms with Crippen molar-refractivity contribution >= 4 is 11.7 Å². The SMILES string of the molecule is NC(=O)CCNCc1cccc(/C(N)=N/O)c1F. The van der Waals surface area contributed by atoms with Gasteiger partial charge in [0, 0.05) is 25.1 Å². The van der Waals surface area contributed by atoms with Gasteiger partial charge in [-0.05, 0) is 6.07 Å². The number of nitrogens with two attached hydrogens (primary N) is 2. The highest BCUT2D eigenvalue weighted by Gasteiger charge is 2.10. The van der Waals surface area contributed by atoms with E-state index in [1.54, 1.807) is 12.1 Å². The van der Waals surface area contributed by atoms with Gasteiger partial charge in [0.15, 0.2) is 5.84 Å². The van der Waals surface area contributed by atoms with E-state index < -0.39 is 11.7 Å². The number of nitrogens with zero attached hydrogens (tertiary/aromatic N) is 1. The molecular weight excluding hydrogens is 239 g/mol. The van der Waals surface area contributed by atoms with Gasteiger partial charge < -0.3 is 22.0 Å². The molecular formula is C11H15FN4O2. The van der Waals surface area contributed by atoms with Gasteiger partial charge in [0.1, 0.15) is 5.82 Å². The second-order valence-corrected chi connectivity index (χ2v) is 3.66. The number of amides is 1. The number of primary amides is 1. The van der Waals surface area contributed by atoms with Crippen LogP contribution in [0.5, 0.6) is 0 Å². The van der Waals surface area contributed by atoms with E-state index in [1.165, 1.54) is 6.07 Å². The van der Waals surface area contributed by atoms with E-state index in [1.807, 2.05) is 0 Å². The second-order valence-electron chi connectivity index (χ2n) is 3.66. The van der Waals surface area contributed by atoms with E-state index >= 15 is 0 Å². The van der Waals surface area contributed by atoms with Crippen LogP contribution < -0.4 is 16.8 Å². The molecule has 0 saturated carbocycles. The Bertz CT molecular complexity index is 462. The van der Waals surface area contributed by atoms with Gasteiger partial charge in [-0.2, -0.15) is 0 Å². The summed E-state index contributed by atoms with van der Waals surface area (Å²) in [4.78, 5) is 10.5. The van der Waals surface area contributed by atoms with E-state index in [9.17, 15) is 9.18 Å². The minimum atomic E-state index is -0.556. The summed E-state index contributed by atoms with van der Waals surface area (Å²) in [7, 11) is 0. The first kappa shape index (κ1) is 13.9. The minimum absolute atomic E-state index is 0.0340. The molecule has 0 radical (unpaired) electrons. The summed E-state index contributed by atoms with van der Waals surface area (Å²) in [5, 5.41) is 14.1. The van der Waals surface area contributed by atoms with Crippen LogP contribution in [-0.2, 0) is 11.3 Å². The lowest BCUT2D eigenvalue weighted by Gasteiger charge is -2.08. The molecule has 1 aromatic carbocycles. The molecule has 98 valence electrons. The average molecular weight is 254 g/mol. The monoisotopic (exact) mass is 254 g/mol. The molecule has 1 rings (SSSR count). The quantitative estimate of drug-likeness (QED) is 0.186. The van der Waals surface area contributed by atoms with Crippen LogP contribution in [0.2, 0.25) is 0 Å². The van der Waals surface area contributed by atoms with Crippen LogP contribution in [-0.4, -0.2) is 23.5 Å². The zero-order valence-electron chi connectivity index (χ0n) is 9.69. The second kappa shape index (κ2) is 6.55. The lowest BCUT2D eigenvalue weighted by atomic mass is 10.1. The van der Waals surface area contributed by atoms with Gasteiger partial charge in [0.2, 0.25) is 5.91 Å². The molecule has 7 heteroatoms. The third-order valence-corrected chi connectivity index (χ3v) is 2.33. The van der Waals surface area contributed by atoms with E-state index in [0.29, 0.717) is 12.1 Å². The van der Waals surface area contributed by atoms with Crippen molar-refractivity contribution in [3.05, 3.63) is 35.1 Å². The van der Waals surface area contributed by atoms with Crippen molar-refractivity contribution in [1.82, 2.24) is 5.32 Å². The molecule has 6 N–H and O–H groups in total. The zero-order chi connectivity index (χ0) is 13.5. The number of oxime groups is 1. The Hall–Kier alpha value is -2.15. The van der Waals surface area contributed by atoms with Gasteiger partial charge in [-0.3, -0.25) is 4.79 Å². The zero-order valence-corrected chi connectivity index (χ0v) is 9.69. The first-order valence-corrected chi connectivity index (χ1v) is 5.30. The molecule has 0 atom stereocenters. The third-order valence-electron chi connectivity index (χ3n) is 2.33. The Labute approximate surface area is 103 Å². The molecule has 0 unspecified atom stereocenters. The van der Waals surface area contributed by atoms with Crippen LogP contribution >= 0.6 is 0 Å². The molecule has 1 aromatic rings. The van der Waals surface area contributed by atoms with Crippen molar-refractivity contribution in [3.63, 3.8) is 0 Å². The van der Waals surface area contributed by atoms with Crippen molar-refractivity contribution < 1.29 is 14.4 Å². The van der Waals surface area contributed by atoms with Gasteiger partial charge in [0.05, 0.1) is 5.56 Å². The molecule has 0 spiro atoms. The number of hydrogen-bond donors (Lipinski definition) is 4. The fraction of sp³-hybridized carbons (Fsp3) is 0.273. The first-order valence-electron chi connectivity index (χ1n) is 5.30. The number of benzene rings is 1. The van der Waals surface area contributed by atoms with E-state index in [0.717, 1.165) is 0 Å². The maximum atomic E-state index is 13.9. The molecule has 0 aliphatic heterocycles. The Balaban J connectivity index is 2.69. The Morgan fingerprint density at radius 1 is 1.44 bits per heavy atom. The molecule has 0 heterocycles. The molecule has 6 nitrogen and oxygen atoms in total. The summed E-state index contributed by atoms with van der Waals surface area (Å²) >= 11 is 0. The Morgan fingerprint density at radius 3 is 2.78 bits per heavy atom. The van der Waals surface area contributed by atoms with Crippen molar-refractivity contribution in [3.8, 4) is 0 Å². The van der Waals surface area contributed by atoms with Crippen LogP contribution in [0.4, 0.5) is 4.39 Å². The number of halogens is 1. The number of amidine groups is 1. The van der Waals surface area contributed by atoms with Crippen LogP contribution in [0, 0.1) is 5.82 Å². The lowest BCUT2D eigenvalue weighted by molar-refractivity contribution is -0.117. The van der Waals surface area contributed by atoms with E-state index in [4.69, 9.17) is 16.7 Å². The van der Waals surface area contributed by atoms with Crippen LogP contribution in [0.25, 0.3) is 0 Å². The summed E-state index contributed by atoms with van der Waals surface area (Å²) in [6, 6.07) is 4.58. The summed E-state index contributed by atoms with van der Waals surface area (Å²) < 4.78 is 13.9. The number of nitrogens with one attached hydrogen (secondary N) is 1. The van der Waals surface area contributed by atoms with Crippen molar-refractivity contribution in [1.29, 1.82) is 0 Å². The lowest BCUT2D eigenvalue weighted by Crippen LogP contribution is -2.23. The van der Waals surface area contributed by atoms with Gasteiger partial charge >= 0.3 is 0 Å². The standard InChI is InChI=1S/C11H15FN4O2/c12-10-7(6-15-5-4-9(13)17)2-1-3-8(10)11(14)16-18/h1-3,15,18H,4-6H2,(H2,13,17)(H2,14,16). The topological polar surface area (TPSA) is 114 Å². The van der Waals surface area contributed by atoms with Gasteiger partial charge in [-0.1, -0.05) is 17.3 Å². The van der Waals surface area contributed by atoms with Crippen molar-refractivity contribution in [2.45, 2.75) is 13.0 Å². The normalized spacial score (nSPS) is 11.5.